The van der Waals surface area contributed by atoms with Crippen LogP contribution in [0.15, 0.2) is 58.9 Å². The van der Waals surface area contributed by atoms with Gasteiger partial charge >= 0.3 is 0 Å². The number of hydrogen-bond acceptors (Lipinski definition) is 9. The van der Waals surface area contributed by atoms with Crippen molar-refractivity contribution in [2.24, 2.45) is 0 Å². The van der Waals surface area contributed by atoms with Gasteiger partial charge in [0.05, 0.1) is 25.6 Å². The molecule has 1 atom stereocenters. The number of carbonyl (C=O) groups excluding carboxylic acids is 1. The molecule has 2 aromatic carbocycles. The summed E-state index contributed by atoms with van der Waals surface area (Å²) in [6, 6.07) is 18.0. The zero-order valence-electron chi connectivity index (χ0n) is 18.4. The molecule has 2 heterocycles. The van der Waals surface area contributed by atoms with E-state index in [4.69, 9.17) is 9.47 Å². The summed E-state index contributed by atoms with van der Waals surface area (Å²) >= 11 is 2.78. The van der Waals surface area contributed by atoms with Crippen LogP contribution in [0.1, 0.15) is 5.56 Å². The van der Waals surface area contributed by atoms with E-state index in [0.29, 0.717) is 18.3 Å². The second-order valence-electron chi connectivity index (χ2n) is 7.54. The SMILES string of the molecule is COc1cccc(Nc2nnc(SCC(=O)NCC3CN(Cc4ccccc4)CCO3)s2)c1. The zero-order valence-corrected chi connectivity index (χ0v) is 20.0. The monoisotopic (exact) mass is 485 g/mol. The topological polar surface area (TPSA) is 88.6 Å². The summed E-state index contributed by atoms with van der Waals surface area (Å²) in [5.41, 5.74) is 2.16. The van der Waals surface area contributed by atoms with Crippen LogP contribution in [0.3, 0.4) is 0 Å². The number of thioether (sulfide) groups is 1. The van der Waals surface area contributed by atoms with Gasteiger partial charge in [-0.15, -0.1) is 10.2 Å². The Bertz CT molecular complexity index is 1030. The third-order valence-electron chi connectivity index (χ3n) is 5.05. The lowest BCUT2D eigenvalue weighted by Gasteiger charge is -2.33. The first-order valence-electron chi connectivity index (χ1n) is 10.7. The Labute approximate surface area is 201 Å². The van der Waals surface area contributed by atoms with Gasteiger partial charge in [-0.2, -0.15) is 0 Å². The first-order chi connectivity index (χ1) is 16.2. The third kappa shape index (κ3) is 7.43. The molecule has 1 unspecified atom stereocenters. The number of methoxy groups -OCH3 is 1. The number of benzene rings is 2. The van der Waals surface area contributed by atoms with E-state index >= 15 is 0 Å². The molecular formula is C23H27N5O3S2. The Hall–Kier alpha value is -2.66. The molecule has 4 rings (SSSR count). The van der Waals surface area contributed by atoms with E-state index in [1.807, 2.05) is 30.3 Å². The molecule has 0 spiro atoms. The normalized spacial score (nSPS) is 16.3. The maximum Gasteiger partial charge on any atom is 0.230 e. The van der Waals surface area contributed by atoms with Crippen LogP contribution in [0.5, 0.6) is 5.75 Å². The van der Waals surface area contributed by atoms with Gasteiger partial charge in [0.1, 0.15) is 5.75 Å². The zero-order chi connectivity index (χ0) is 22.9. The molecule has 1 aliphatic rings. The molecule has 8 nitrogen and oxygen atoms in total. The number of nitrogens with one attached hydrogen (secondary N) is 2. The van der Waals surface area contributed by atoms with Crippen LogP contribution >= 0.6 is 23.1 Å². The molecule has 0 radical (unpaired) electrons. The highest BCUT2D eigenvalue weighted by molar-refractivity contribution is 8.01. The van der Waals surface area contributed by atoms with E-state index in [0.717, 1.165) is 35.4 Å². The van der Waals surface area contributed by atoms with Crippen LogP contribution in [-0.2, 0) is 16.1 Å². The Morgan fingerprint density at radius 3 is 2.97 bits per heavy atom. The van der Waals surface area contributed by atoms with Crippen LogP contribution in [0.2, 0.25) is 0 Å². The molecule has 174 valence electrons. The van der Waals surface area contributed by atoms with Crippen LogP contribution in [0, 0.1) is 0 Å². The lowest BCUT2D eigenvalue weighted by atomic mass is 10.2. The molecule has 0 bridgehead atoms. The number of ether oxygens (including phenoxy) is 2. The molecule has 3 aromatic rings. The number of aromatic nitrogens is 2. The van der Waals surface area contributed by atoms with Crippen molar-refractivity contribution in [3.05, 3.63) is 60.2 Å². The summed E-state index contributed by atoms with van der Waals surface area (Å²) in [6.45, 7) is 3.78. The highest BCUT2D eigenvalue weighted by atomic mass is 32.2. The number of hydrogen-bond donors (Lipinski definition) is 2. The lowest BCUT2D eigenvalue weighted by Crippen LogP contribution is -2.47. The van der Waals surface area contributed by atoms with Crippen molar-refractivity contribution >= 4 is 39.8 Å². The van der Waals surface area contributed by atoms with Gasteiger partial charge in [0.25, 0.3) is 0 Å². The third-order valence-corrected chi connectivity index (χ3v) is 7.03. The Morgan fingerprint density at radius 2 is 2.12 bits per heavy atom. The van der Waals surface area contributed by atoms with Crippen molar-refractivity contribution in [2.75, 3.05) is 44.4 Å². The Morgan fingerprint density at radius 1 is 1.24 bits per heavy atom. The summed E-state index contributed by atoms with van der Waals surface area (Å²) in [5.74, 6) is 1.01. The molecule has 1 saturated heterocycles. The highest BCUT2D eigenvalue weighted by Crippen LogP contribution is 2.28. The molecule has 0 saturated carbocycles. The maximum absolute atomic E-state index is 12.3. The number of nitrogens with zero attached hydrogens (tertiary/aromatic N) is 3. The molecule has 1 fully saturated rings. The quantitative estimate of drug-likeness (QED) is 0.423. The van der Waals surface area contributed by atoms with Crippen molar-refractivity contribution in [2.45, 2.75) is 17.0 Å². The van der Waals surface area contributed by atoms with E-state index in [1.165, 1.54) is 28.7 Å². The van der Waals surface area contributed by atoms with Crippen molar-refractivity contribution < 1.29 is 14.3 Å². The van der Waals surface area contributed by atoms with Gasteiger partial charge in [-0.05, 0) is 17.7 Å². The fraction of sp³-hybridized carbons (Fsp3) is 0.348. The fourth-order valence-corrected chi connectivity index (χ4v) is 5.04. The summed E-state index contributed by atoms with van der Waals surface area (Å²) in [4.78, 5) is 14.7. The van der Waals surface area contributed by atoms with Crippen LogP contribution in [0.4, 0.5) is 10.8 Å². The lowest BCUT2D eigenvalue weighted by molar-refractivity contribution is -0.119. The standard InChI is InChI=1S/C23H27N5O3S2/c1-30-19-9-5-8-18(12-19)25-22-26-27-23(33-22)32-16-21(29)24-13-20-15-28(10-11-31-20)14-17-6-3-2-4-7-17/h2-9,12,20H,10-11,13-16H2,1H3,(H,24,29)(H,25,26). The summed E-state index contributed by atoms with van der Waals surface area (Å²) in [7, 11) is 1.63. The van der Waals surface area contributed by atoms with E-state index in [9.17, 15) is 4.79 Å². The number of amides is 1. The minimum Gasteiger partial charge on any atom is -0.497 e. The molecule has 1 aliphatic heterocycles. The van der Waals surface area contributed by atoms with Crippen LogP contribution < -0.4 is 15.4 Å². The number of rotatable bonds is 10. The predicted molar refractivity (Wildman–Crippen MR) is 131 cm³/mol. The largest absolute Gasteiger partial charge is 0.497 e. The number of carbonyl (C=O) groups is 1. The van der Waals surface area contributed by atoms with Gasteiger partial charge in [-0.25, -0.2) is 0 Å². The van der Waals surface area contributed by atoms with E-state index in [1.54, 1.807) is 7.11 Å². The van der Waals surface area contributed by atoms with E-state index in [-0.39, 0.29) is 17.8 Å². The van der Waals surface area contributed by atoms with Crippen molar-refractivity contribution in [1.82, 2.24) is 20.4 Å². The number of anilines is 2. The predicted octanol–water partition coefficient (Wildman–Crippen LogP) is 3.40. The minimum atomic E-state index is -0.0405. The van der Waals surface area contributed by atoms with Crippen molar-refractivity contribution in [3.63, 3.8) is 0 Å². The van der Waals surface area contributed by atoms with E-state index in [2.05, 4.69) is 50.0 Å². The van der Waals surface area contributed by atoms with Gasteiger partial charge in [0.2, 0.25) is 11.0 Å². The summed E-state index contributed by atoms with van der Waals surface area (Å²) < 4.78 is 11.8. The number of morpholine rings is 1. The van der Waals surface area contributed by atoms with Gasteiger partial charge < -0.3 is 20.1 Å². The Kier molecular flexibility index (Phi) is 8.53. The molecular weight excluding hydrogens is 458 g/mol. The smallest absolute Gasteiger partial charge is 0.230 e. The van der Waals surface area contributed by atoms with E-state index < -0.39 is 0 Å². The molecule has 33 heavy (non-hydrogen) atoms. The van der Waals surface area contributed by atoms with Gasteiger partial charge in [0, 0.05) is 37.9 Å². The summed E-state index contributed by atoms with van der Waals surface area (Å²) in [6.07, 6.45) is -0.00314. The van der Waals surface area contributed by atoms with Gasteiger partial charge in [-0.3, -0.25) is 9.69 Å². The van der Waals surface area contributed by atoms with Gasteiger partial charge in [0.15, 0.2) is 4.34 Å². The van der Waals surface area contributed by atoms with Crippen LogP contribution in [-0.4, -0.2) is 66.2 Å². The van der Waals surface area contributed by atoms with Crippen LogP contribution in [0.25, 0.3) is 0 Å². The second-order valence-corrected chi connectivity index (χ2v) is 9.74. The second kappa shape index (κ2) is 12.0. The van der Waals surface area contributed by atoms with Crippen molar-refractivity contribution in [3.8, 4) is 5.75 Å². The van der Waals surface area contributed by atoms with Crippen molar-refractivity contribution in [1.29, 1.82) is 0 Å². The fourth-order valence-electron chi connectivity index (χ4n) is 3.44. The molecule has 10 heteroatoms. The minimum absolute atomic E-state index is 0.00314. The maximum atomic E-state index is 12.3. The first-order valence-corrected chi connectivity index (χ1v) is 12.5. The molecule has 1 amide bonds. The summed E-state index contributed by atoms with van der Waals surface area (Å²) in [5, 5.41) is 15.2. The Balaban J connectivity index is 1.17. The highest BCUT2D eigenvalue weighted by Gasteiger charge is 2.21. The first kappa shape index (κ1) is 23.5. The molecule has 1 aromatic heterocycles. The molecule has 2 N–H and O–H groups in total. The average Bonchev–Trinajstić information content (AvgIpc) is 3.29. The van der Waals surface area contributed by atoms with Gasteiger partial charge in [-0.1, -0.05) is 59.5 Å². The molecule has 0 aliphatic carbocycles. The average molecular weight is 486 g/mol.